The molecule has 0 unspecified atom stereocenters. The Hall–Kier alpha value is -3.61. The smallest absolute Gasteiger partial charge is 0.324 e. The molecule has 0 saturated heterocycles. The fraction of sp³-hybridized carbons (Fsp3) is 0.0952. The highest BCUT2D eigenvalue weighted by molar-refractivity contribution is 7.98. The van der Waals surface area contributed by atoms with Crippen LogP contribution >= 0.6 is 23.4 Å². The Kier molecular flexibility index (Phi) is 6.02. The van der Waals surface area contributed by atoms with Crippen LogP contribution in [0.5, 0.6) is 0 Å². The van der Waals surface area contributed by atoms with E-state index in [0.29, 0.717) is 32.7 Å². The third kappa shape index (κ3) is 4.77. The van der Waals surface area contributed by atoms with E-state index in [9.17, 15) is 9.59 Å². The predicted octanol–water partition coefficient (Wildman–Crippen LogP) is 3.35. The van der Waals surface area contributed by atoms with Gasteiger partial charge in [-0.1, -0.05) is 35.5 Å². The normalized spacial score (nSPS) is 10.7. The van der Waals surface area contributed by atoms with Crippen molar-refractivity contribution < 1.29 is 4.79 Å². The van der Waals surface area contributed by atoms with Gasteiger partial charge in [0.15, 0.2) is 5.65 Å². The number of nitrogens with zero attached hydrogens (tertiary/aromatic N) is 5. The van der Waals surface area contributed by atoms with Gasteiger partial charge in [0, 0.05) is 28.9 Å². The molecule has 0 aliphatic rings. The predicted molar refractivity (Wildman–Crippen MR) is 118 cm³/mol. The van der Waals surface area contributed by atoms with Crippen LogP contribution in [0.1, 0.15) is 11.1 Å². The SMILES string of the molecule is N#Cc1ccc(NC(=O)Cn2nc3c(SCc4ccc(Cl)cc4)nccn3c2=O)cc1. The number of thioether (sulfide) groups is 1. The molecule has 154 valence electrons. The Morgan fingerprint density at radius 1 is 1.16 bits per heavy atom. The molecule has 1 amide bonds. The van der Waals surface area contributed by atoms with E-state index < -0.39 is 11.6 Å². The van der Waals surface area contributed by atoms with Gasteiger partial charge >= 0.3 is 5.69 Å². The molecule has 1 N–H and O–H groups in total. The van der Waals surface area contributed by atoms with Gasteiger partial charge in [-0.15, -0.1) is 5.10 Å². The molecule has 4 rings (SSSR count). The molecule has 2 heterocycles. The second-order valence-electron chi connectivity index (χ2n) is 6.52. The van der Waals surface area contributed by atoms with Crippen molar-refractivity contribution in [2.24, 2.45) is 0 Å². The van der Waals surface area contributed by atoms with Crippen molar-refractivity contribution in [3.05, 3.63) is 87.6 Å². The maximum Gasteiger partial charge on any atom is 0.350 e. The number of carbonyl (C=O) groups is 1. The quantitative estimate of drug-likeness (QED) is 0.451. The average molecular weight is 451 g/mol. The van der Waals surface area contributed by atoms with Crippen LogP contribution < -0.4 is 11.0 Å². The van der Waals surface area contributed by atoms with Crippen LogP contribution in [0.4, 0.5) is 5.69 Å². The zero-order valence-electron chi connectivity index (χ0n) is 16.0. The minimum atomic E-state index is -0.430. The van der Waals surface area contributed by atoms with Crippen molar-refractivity contribution in [3.63, 3.8) is 0 Å². The molecule has 0 bridgehead atoms. The minimum Gasteiger partial charge on any atom is -0.324 e. The average Bonchev–Trinajstić information content (AvgIpc) is 3.09. The summed E-state index contributed by atoms with van der Waals surface area (Å²) in [7, 11) is 0. The van der Waals surface area contributed by atoms with Crippen LogP contribution in [0.3, 0.4) is 0 Å². The summed E-state index contributed by atoms with van der Waals surface area (Å²) < 4.78 is 2.47. The van der Waals surface area contributed by atoms with E-state index in [4.69, 9.17) is 16.9 Å². The number of fused-ring (bicyclic) bond motifs is 1. The van der Waals surface area contributed by atoms with E-state index in [1.165, 1.54) is 28.6 Å². The van der Waals surface area contributed by atoms with Gasteiger partial charge in [-0.2, -0.15) is 5.26 Å². The highest BCUT2D eigenvalue weighted by Gasteiger charge is 2.15. The monoisotopic (exact) mass is 450 g/mol. The zero-order chi connectivity index (χ0) is 21.8. The lowest BCUT2D eigenvalue weighted by atomic mass is 10.2. The number of aromatic nitrogens is 4. The van der Waals surface area contributed by atoms with Gasteiger partial charge in [0.2, 0.25) is 5.91 Å². The second-order valence-corrected chi connectivity index (χ2v) is 7.92. The Bertz CT molecular complexity index is 1340. The van der Waals surface area contributed by atoms with Crippen LogP contribution in [-0.4, -0.2) is 25.1 Å². The molecular formula is C21H15ClN6O2S. The maximum atomic E-state index is 12.7. The number of hydrogen-bond donors (Lipinski definition) is 1. The number of rotatable bonds is 6. The van der Waals surface area contributed by atoms with Crippen LogP contribution in [0.25, 0.3) is 5.65 Å². The van der Waals surface area contributed by atoms with E-state index in [1.54, 1.807) is 24.3 Å². The third-order valence-corrected chi connectivity index (χ3v) is 5.64. The molecule has 4 aromatic rings. The van der Waals surface area contributed by atoms with Crippen LogP contribution in [0, 0.1) is 11.3 Å². The summed E-state index contributed by atoms with van der Waals surface area (Å²) in [6, 6.07) is 15.9. The Balaban J connectivity index is 1.50. The fourth-order valence-electron chi connectivity index (χ4n) is 2.83. The topological polar surface area (TPSA) is 105 Å². The molecule has 0 fully saturated rings. The number of nitriles is 1. The van der Waals surface area contributed by atoms with E-state index in [-0.39, 0.29) is 6.54 Å². The van der Waals surface area contributed by atoms with Gasteiger partial charge in [0.1, 0.15) is 11.6 Å². The van der Waals surface area contributed by atoms with Gasteiger partial charge < -0.3 is 5.32 Å². The van der Waals surface area contributed by atoms with Crippen LogP contribution in [0.2, 0.25) is 5.02 Å². The molecule has 10 heteroatoms. The highest BCUT2D eigenvalue weighted by Crippen LogP contribution is 2.24. The van der Waals surface area contributed by atoms with Crippen molar-refractivity contribution in [2.75, 3.05) is 5.32 Å². The molecule has 0 atom stereocenters. The van der Waals surface area contributed by atoms with E-state index in [2.05, 4.69) is 15.4 Å². The molecular weight excluding hydrogens is 436 g/mol. The van der Waals surface area contributed by atoms with E-state index in [1.807, 2.05) is 30.3 Å². The van der Waals surface area contributed by atoms with E-state index >= 15 is 0 Å². The summed E-state index contributed by atoms with van der Waals surface area (Å²) in [5.74, 6) is 0.225. The van der Waals surface area contributed by atoms with Crippen LogP contribution in [-0.2, 0) is 17.1 Å². The lowest BCUT2D eigenvalue weighted by molar-refractivity contribution is -0.117. The van der Waals surface area contributed by atoms with Gasteiger partial charge in [-0.05, 0) is 42.0 Å². The first-order chi connectivity index (χ1) is 15.0. The van der Waals surface area contributed by atoms with Crippen LogP contribution in [0.15, 0.2) is 70.7 Å². The molecule has 0 aliphatic heterocycles. The van der Waals surface area contributed by atoms with Crippen molar-refractivity contribution in [2.45, 2.75) is 17.3 Å². The van der Waals surface area contributed by atoms with Crippen molar-refractivity contribution in [1.82, 2.24) is 19.2 Å². The molecule has 0 aliphatic carbocycles. The highest BCUT2D eigenvalue weighted by atomic mass is 35.5. The molecule has 2 aromatic heterocycles. The van der Waals surface area contributed by atoms with Crippen molar-refractivity contribution in [1.29, 1.82) is 5.26 Å². The summed E-state index contributed by atoms with van der Waals surface area (Å²) in [4.78, 5) is 29.4. The van der Waals surface area contributed by atoms with Gasteiger partial charge in [-0.3, -0.25) is 4.79 Å². The van der Waals surface area contributed by atoms with Crippen molar-refractivity contribution in [3.8, 4) is 6.07 Å². The summed E-state index contributed by atoms with van der Waals surface area (Å²) in [5.41, 5.74) is 2.03. The molecule has 31 heavy (non-hydrogen) atoms. The first-order valence-corrected chi connectivity index (χ1v) is 10.5. The summed E-state index contributed by atoms with van der Waals surface area (Å²) in [5, 5.41) is 17.1. The maximum absolute atomic E-state index is 12.7. The largest absolute Gasteiger partial charge is 0.350 e. The van der Waals surface area contributed by atoms with Gasteiger partial charge in [-0.25, -0.2) is 18.9 Å². The Morgan fingerprint density at radius 3 is 2.61 bits per heavy atom. The molecule has 8 nitrogen and oxygen atoms in total. The third-order valence-electron chi connectivity index (χ3n) is 4.35. The molecule has 0 spiro atoms. The number of carbonyl (C=O) groups excluding carboxylic acids is 1. The summed E-state index contributed by atoms with van der Waals surface area (Å²) in [6.45, 7) is -0.248. The number of nitrogens with one attached hydrogen (secondary N) is 1. The summed E-state index contributed by atoms with van der Waals surface area (Å²) >= 11 is 7.36. The van der Waals surface area contributed by atoms with Gasteiger partial charge in [0.05, 0.1) is 11.6 Å². The molecule has 2 aromatic carbocycles. The number of hydrogen-bond acceptors (Lipinski definition) is 6. The Labute approximate surface area is 186 Å². The second kappa shape index (κ2) is 9.04. The Morgan fingerprint density at radius 2 is 1.90 bits per heavy atom. The van der Waals surface area contributed by atoms with E-state index in [0.717, 1.165) is 10.2 Å². The minimum absolute atomic E-state index is 0.248. The number of amides is 1. The molecule has 0 saturated carbocycles. The first-order valence-electron chi connectivity index (χ1n) is 9.15. The number of anilines is 1. The number of halogens is 1. The van der Waals surface area contributed by atoms with Gasteiger partial charge in [0.25, 0.3) is 0 Å². The fourth-order valence-corrected chi connectivity index (χ4v) is 3.85. The summed E-state index contributed by atoms with van der Waals surface area (Å²) in [6.07, 6.45) is 3.05. The lowest BCUT2D eigenvalue weighted by Crippen LogP contribution is -2.28. The van der Waals surface area contributed by atoms with Crippen molar-refractivity contribution >= 4 is 40.6 Å². The zero-order valence-corrected chi connectivity index (χ0v) is 17.6. The first kappa shape index (κ1) is 20.7. The molecule has 0 radical (unpaired) electrons. The lowest BCUT2D eigenvalue weighted by Gasteiger charge is -2.04. The standard InChI is InChI=1S/C21H15ClN6O2S/c22-16-5-1-15(2-6-16)13-31-20-19-26-28(21(30)27(19)10-9-24-20)12-18(29)25-17-7-3-14(11-23)4-8-17/h1-10H,12-13H2,(H,25,29). The number of benzene rings is 2.